The Labute approximate surface area is 73.3 Å². The van der Waals surface area contributed by atoms with Crippen LogP contribution < -0.4 is 0 Å². The molecule has 0 fully saturated rings. The smallest absolute Gasteiger partial charge is 0.307 e. The van der Waals surface area contributed by atoms with Gasteiger partial charge in [-0.1, -0.05) is 0 Å². The van der Waals surface area contributed by atoms with Crippen LogP contribution in [-0.4, -0.2) is 16.1 Å². The third-order valence-corrected chi connectivity index (χ3v) is 1.32. The maximum absolute atomic E-state index is 12.6. The van der Waals surface area contributed by atoms with Crippen molar-refractivity contribution >= 4 is 5.97 Å². The zero-order chi connectivity index (χ0) is 9.84. The first-order valence-electron chi connectivity index (χ1n) is 3.40. The molecule has 1 rings (SSSR count). The highest BCUT2D eigenvalue weighted by Crippen LogP contribution is 2.05. The Balaban J connectivity index is 3.03. The van der Waals surface area contributed by atoms with Crippen LogP contribution in [0.3, 0.4) is 0 Å². The van der Waals surface area contributed by atoms with E-state index in [0.29, 0.717) is 0 Å². The number of hydrogen-bond donors (Lipinski definition) is 1. The molecular weight excluding hydrogens is 175 g/mol. The average Bonchev–Trinajstić information content (AvgIpc) is 2.01. The lowest BCUT2D eigenvalue weighted by Crippen LogP contribution is -2.02. The zero-order valence-corrected chi connectivity index (χ0v) is 6.49. The molecule has 0 aliphatic carbocycles. The Morgan fingerprint density at radius 2 is 2.38 bits per heavy atom. The van der Waals surface area contributed by atoms with Crippen molar-refractivity contribution in [3.05, 3.63) is 29.3 Å². The van der Waals surface area contributed by atoms with Crippen molar-refractivity contribution < 1.29 is 14.3 Å². The highest BCUT2D eigenvalue weighted by Gasteiger charge is 2.05. The van der Waals surface area contributed by atoms with Crippen LogP contribution in [0, 0.1) is 17.3 Å². The third kappa shape index (κ3) is 2.52. The number of rotatable bonds is 2. The van der Waals surface area contributed by atoms with E-state index in [1.807, 2.05) is 0 Å². The van der Waals surface area contributed by atoms with Crippen LogP contribution in [0.5, 0.6) is 0 Å². The predicted octanol–water partition coefficient (Wildman–Crippen LogP) is 0.719. The van der Waals surface area contributed by atoms with Crippen molar-refractivity contribution in [2.45, 2.75) is 6.42 Å². The number of nitriles is 1. The van der Waals surface area contributed by atoms with E-state index >= 15 is 0 Å². The second kappa shape index (κ2) is 3.63. The quantitative estimate of drug-likeness (QED) is 0.680. The van der Waals surface area contributed by atoms with Crippen LogP contribution in [0.2, 0.25) is 0 Å². The Bertz CT molecular complexity index is 384. The Morgan fingerprint density at radius 3 is 2.92 bits per heavy atom. The minimum absolute atomic E-state index is 0.115. The number of aliphatic carboxylic acids is 1. The second-order valence-electron chi connectivity index (χ2n) is 2.37. The summed E-state index contributed by atoms with van der Waals surface area (Å²) < 4.78 is 12.6. The largest absolute Gasteiger partial charge is 0.481 e. The van der Waals surface area contributed by atoms with Crippen molar-refractivity contribution in [2.24, 2.45) is 0 Å². The molecule has 1 heterocycles. The van der Waals surface area contributed by atoms with Crippen LogP contribution in [0.25, 0.3) is 0 Å². The van der Waals surface area contributed by atoms with Gasteiger partial charge >= 0.3 is 5.97 Å². The first-order chi connectivity index (χ1) is 6.11. The van der Waals surface area contributed by atoms with Gasteiger partial charge in [0, 0.05) is 0 Å². The standard InChI is InChI=1S/C8H5FN2O2/c9-7-2-5(3-8(12)13)1-6(4-10)11-7/h1-2H,3H2,(H,12,13). The van der Waals surface area contributed by atoms with Gasteiger partial charge in [-0.2, -0.15) is 9.65 Å². The summed E-state index contributed by atoms with van der Waals surface area (Å²) in [6.07, 6.45) is -0.311. The van der Waals surface area contributed by atoms with E-state index in [9.17, 15) is 9.18 Å². The molecule has 1 aromatic rings. The summed E-state index contributed by atoms with van der Waals surface area (Å²) in [5.74, 6) is -1.91. The summed E-state index contributed by atoms with van der Waals surface area (Å²) in [6.45, 7) is 0. The fourth-order valence-electron chi connectivity index (χ4n) is 0.884. The number of carboxylic acids is 1. The zero-order valence-electron chi connectivity index (χ0n) is 6.49. The molecule has 1 aromatic heterocycles. The Morgan fingerprint density at radius 1 is 1.69 bits per heavy atom. The van der Waals surface area contributed by atoms with Gasteiger partial charge in [-0.15, -0.1) is 0 Å². The van der Waals surface area contributed by atoms with Crippen molar-refractivity contribution in [3.8, 4) is 6.07 Å². The number of carbonyl (C=O) groups is 1. The lowest BCUT2D eigenvalue weighted by molar-refractivity contribution is -0.136. The fourth-order valence-corrected chi connectivity index (χ4v) is 0.884. The van der Waals surface area contributed by atoms with Gasteiger partial charge in [0.05, 0.1) is 6.42 Å². The number of pyridine rings is 1. The lowest BCUT2D eigenvalue weighted by Gasteiger charge is -1.96. The minimum Gasteiger partial charge on any atom is -0.481 e. The molecule has 0 saturated carbocycles. The van der Waals surface area contributed by atoms with Crippen molar-refractivity contribution in [3.63, 3.8) is 0 Å². The summed E-state index contributed by atoms with van der Waals surface area (Å²) in [6, 6.07) is 3.88. The highest BCUT2D eigenvalue weighted by molar-refractivity contribution is 5.70. The molecule has 0 unspecified atom stereocenters. The molecule has 0 saturated heterocycles. The minimum atomic E-state index is -1.07. The molecular formula is C8H5FN2O2. The van der Waals surface area contributed by atoms with Crippen molar-refractivity contribution in [1.82, 2.24) is 4.98 Å². The van der Waals surface area contributed by atoms with E-state index in [-0.39, 0.29) is 17.7 Å². The molecule has 0 bridgehead atoms. The summed E-state index contributed by atoms with van der Waals surface area (Å²) >= 11 is 0. The first kappa shape index (κ1) is 9.13. The fraction of sp³-hybridized carbons (Fsp3) is 0.125. The summed E-state index contributed by atoms with van der Waals surface area (Å²) in [5.41, 5.74) is 0.118. The first-order valence-corrected chi connectivity index (χ1v) is 3.40. The number of nitrogens with zero attached hydrogens (tertiary/aromatic N) is 2. The monoisotopic (exact) mass is 180 g/mol. The predicted molar refractivity (Wildman–Crippen MR) is 40.2 cm³/mol. The second-order valence-corrected chi connectivity index (χ2v) is 2.37. The normalized spacial score (nSPS) is 9.23. The molecule has 13 heavy (non-hydrogen) atoms. The molecule has 5 heteroatoms. The van der Waals surface area contributed by atoms with Gasteiger partial charge in [0.15, 0.2) is 0 Å². The molecule has 0 radical (unpaired) electrons. The summed E-state index contributed by atoms with van der Waals surface area (Å²) in [5, 5.41) is 16.8. The number of aromatic nitrogens is 1. The summed E-state index contributed by atoms with van der Waals surface area (Å²) in [4.78, 5) is 13.5. The van der Waals surface area contributed by atoms with Gasteiger partial charge in [-0.05, 0) is 17.7 Å². The van der Waals surface area contributed by atoms with Gasteiger partial charge in [-0.3, -0.25) is 4.79 Å². The maximum atomic E-state index is 12.6. The van der Waals surface area contributed by atoms with E-state index in [4.69, 9.17) is 10.4 Å². The number of hydrogen-bond acceptors (Lipinski definition) is 3. The molecule has 66 valence electrons. The Kier molecular flexibility index (Phi) is 2.55. The van der Waals surface area contributed by atoms with Gasteiger partial charge in [0.2, 0.25) is 5.95 Å². The third-order valence-electron chi connectivity index (χ3n) is 1.32. The SMILES string of the molecule is N#Cc1cc(CC(=O)O)cc(F)n1. The lowest BCUT2D eigenvalue weighted by atomic mass is 10.2. The van der Waals surface area contributed by atoms with Crippen molar-refractivity contribution in [1.29, 1.82) is 5.26 Å². The molecule has 0 atom stereocenters. The summed E-state index contributed by atoms with van der Waals surface area (Å²) in [7, 11) is 0. The van der Waals surface area contributed by atoms with E-state index in [1.54, 1.807) is 6.07 Å². The van der Waals surface area contributed by atoms with E-state index in [0.717, 1.165) is 6.07 Å². The number of carboxylic acid groups (broad SMARTS) is 1. The van der Waals surface area contributed by atoms with E-state index in [2.05, 4.69) is 4.98 Å². The van der Waals surface area contributed by atoms with Crippen molar-refractivity contribution in [2.75, 3.05) is 0 Å². The molecule has 0 aliphatic rings. The van der Waals surface area contributed by atoms with Crippen LogP contribution >= 0.6 is 0 Å². The van der Waals surface area contributed by atoms with Crippen LogP contribution in [0.4, 0.5) is 4.39 Å². The van der Waals surface area contributed by atoms with Gasteiger partial charge in [0.1, 0.15) is 11.8 Å². The topological polar surface area (TPSA) is 74.0 Å². The molecule has 4 nitrogen and oxygen atoms in total. The number of halogens is 1. The van der Waals surface area contributed by atoms with E-state index in [1.165, 1.54) is 6.07 Å². The Hall–Kier alpha value is -1.96. The van der Waals surface area contributed by atoms with Gasteiger partial charge in [0.25, 0.3) is 0 Å². The maximum Gasteiger partial charge on any atom is 0.307 e. The molecule has 0 spiro atoms. The highest BCUT2D eigenvalue weighted by atomic mass is 19.1. The van der Waals surface area contributed by atoms with Crippen LogP contribution in [0.15, 0.2) is 12.1 Å². The molecule has 0 amide bonds. The van der Waals surface area contributed by atoms with Crippen LogP contribution in [-0.2, 0) is 11.2 Å². The van der Waals surface area contributed by atoms with Gasteiger partial charge < -0.3 is 5.11 Å². The molecule has 1 N–H and O–H groups in total. The van der Waals surface area contributed by atoms with E-state index < -0.39 is 11.9 Å². The average molecular weight is 180 g/mol. The van der Waals surface area contributed by atoms with Crippen LogP contribution in [0.1, 0.15) is 11.3 Å². The van der Waals surface area contributed by atoms with Gasteiger partial charge in [-0.25, -0.2) is 4.98 Å². The molecule has 0 aromatic carbocycles. The molecule has 0 aliphatic heterocycles.